The zero-order chi connectivity index (χ0) is 25.1. The lowest BCUT2D eigenvalue weighted by Gasteiger charge is -2.26. The van der Waals surface area contributed by atoms with Gasteiger partial charge >= 0.3 is 0 Å². The van der Waals surface area contributed by atoms with E-state index in [1.807, 2.05) is 32.2 Å². The van der Waals surface area contributed by atoms with Gasteiger partial charge in [0, 0.05) is 31.6 Å². The summed E-state index contributed by atoms with van der Waals surface area (Å²) in [6.07, 6.45) is 6.09. The molecule has 35 heavy (non-hydrogen) atoms. The number of nitrogens with zero attached hydrogens (tertiary/aromatic N) is 6. The largest absolute Gasteiger partial charge is 0.501 e. The molecular weight excluding hydrogens is 450 g/mol. The first kappa shape index (κ1) is 23.4. The highest BCUT2D eigenvalue weighted by atomic mass is 16.5. The number of aromatic hydroxyl groups is 1. The molecule has 0 spiro atoms. The number of carbonyl (C=O) groups excluding carboxylic acids is 1. The summed E-state index contributed by atoms with van der Waals surface area (Å²) < 4.78 is 7.68. The Morgan fingerprint density at radius 2 is 2.09 bits per heavy atom. The molecule has 0 radical (unpaired) electrons. The molecule has 4 aromatic rings. The number of nitriles is 1. The highest BCUT2D eigenvalue weighted by molar-refractivity contribution is 6.04. The van der Waals surface area contributed by atoms with E-state index in [-0.39, 0.29) is 11.5 Å². The van der Waals surface area contributed by atoms with Crippen molar-refractivity contribution in [2.45, 2.75) is 32.2 Å². The number of carbonyl (C=O) groups is 1. The Morgan fingerprint density at radius 1 is 1.31 bits per heavy atom. The van der Waals surface area contributed by atoms with E-state index in [1.54, 1.807) is 23.0 Å². The number of amides is 1. The molecule has 0 aliphatic rings. The quantitative estimate of drug-likeness (QED) is 0.416. The van der Waals surface area contributed by atoms with Crippen LogP contribution in [0.1, 0.15) is 58.7 Å². The number of nitrogens with one attached hydrogen (secondary N) is 1. The van der Waals surface area contributed by atoms with Crippen molar-refractivity contribution in [3.8, 4) is 11.8 Å². The lowest BCUT2D eigenvalue weighted by atomic mass is 9.80. The Kier molecular flexibility index (Phi) is 6.46. The van der Waals surface area contributed by atoms with E-state index in [0.717, 1.165) is 11.1 Å². The lowest BCUT2D eigenvalue weighted by Crippen LogP contribution is -2.29. The zero-order valence-corrected chi connectivity index (χ0v) is 19.3. The molecule has 3 aromatic heterocycles. The van der Waals surface area contributed by atoms with Gasteiger partial charge < -0.3 is 14.9 Å². The van der Waals surface area contributed by atoms with Crippen LogP contribution in [0.4, 0.5) is 5.69 Å². The highest BCUT2D eigenvalue weighted by Gasteiger charge is 2.31. The van der Waals surface area contributed by atoms with Crippen LogP contribution >= 0.6 is 0 Å². The topological polar surface area (TPSA) is 152 Å². The van der Waals surface area contributed by atoms with Crippen LogP contribution in [0.15, 0.2) is 58.4 Å². The first-order chi connectivity index (χ1) is 16.8. The third-order valence-corrected chi connectivity index (χ3v) is 5.87. The van der Waals surface area contributed by atoms with Crippen LogP contribution < -0.4 is 10.9 Å². The summed E-state index contributed by atoms with van der Waals surface area (Å²) in [5, 5.41) is 30.6. The maximum absolute atomic E-state index is 12.9. The average molecular weight is 473 g/mol. The van der Waals surface area contributed by atoms with Crippen molar-refractivity contribution in [2.75, 3.05) is 5.32 Å². The fraction of sp³-hybridized carbons (Fsp3) is 0.250. The van der Waals surface area contributed by atoms with Gasteiger partial charge in [-0.15, -0.1) is 0 Å². The Hall–Kier alpha value is -4.72. The molecule has 1 amide bonds. The standard InChI is InChI=1S/C24H23N7O4/c1-4-31-12-16(10-26-31)19(18-8-6-5-7-15(18)9-25)14(2)22-29-20(21(32)24(34)30(22)3)23(33)28-17-11-27-35-13-17/h5-8,10-14,19,32H,4H2,1-3H3,(H,28,33)/t14-,19+/m1/s1. The first-order valence-corrected chi connectivity index (χ1v) is 10.9. The van der Waals surface area contributed by atoms with Crippen molar-refractivity contribution in [1.82, 2.24) is 24.5 Å². The number of hydrogen-bond donors (Lipinski definition) is 2. The van der Waals surface area contributed by atoms with Gasteiger partial charge in [-0.1, -0.05) is 30.3 Å². The summed E-state index contributed by atoms with van der Waals surface area (Å²) in [4.78, 5) is 30.1. The van der Waals surface area contributed by atoms with Crippen molar-refractivity contribution in [2.24, 2.45) is 7.05 Å². The molecule has 11 heteroatoms. The van der Waals surface area contributed by atoms with E-state index in [2.05, 4.69) is 26.6 Å². The lowest BCUT2D eigenvalue weighted by molar-refractivity contribution is 0.101. The van der Waals surface area contributed by atoms with Gasteiger partial charge in [-0.05, 0) is 24.1 Å². The summed E-state index contributed by atoms with van der Waals surface area (Å²) in [5.41, 5.74) is 1.08. The second kappa shape index (κ2) is 9.64. The molecule has 0 bridgehead atoms. The van der Waals surface area contributed by atoms with Crippen LogP contribution in [0.3, 0.4) is 0 Å². The maximum atomic E-state index is 12.9. The minimum absolute atomic E-state index is 0.249. The second-order valence-electron chi connectivity index (χ2n) is 7.99. The van der Waals surface area contributed by atoms with Gasteiger partial charge in [0.15, 0.2) is 5.69 Å². The van der Waals surface area contributed by atoms with Gasteiger partial charge in [-0.2, -0.15) is 10.4 Å². The van der Waals surface area contributed by atoms with E-state index in [4.69, 9.17) is 4.52 Å². The molecular formula is C24H23N7O4. The van der Waals surface area contributed by atoms with Gasteiger partial charge in [0.1, 0.15) is 17.8 Å². The average Bonchev–Trinajstić information content (AvgIpc) is 3.55. The van der Waals surface area contributed by atoms with Gasteiger partial charge in [0.25, 0.3) is 11.5 Å². The predicted octanol–water partition coefficient (Wildman–Crippen LogP) is 2.75. The molecule has 11 nitrogen and oxygen atoms in total. The number of aromatic nitrogens is 5. The minimum Gasteiger partial charge on any atom is -0.501 e. The van der Waals surface area contributed by atoms with Crippen LogP contribution in [0.5, 0.6) is 5.75 Å². The van der Waals surface area contributed by atoms with E-state index in [9.17, 15) is 20.0 Å². The van der Waals surface area contributed by atoms with Crippen LogP contribution in [0.2, 0.25) is 0 Å². The molecule has 4 rings (SSSR count). The van der Waals surface area contributed by atoms with E-state index < -0.39 is 34.7 Å². The minimum atomic E-state index is -0.787. The summed E-state index contributed by atoms with van der Waals surface area (Å²) >= 11 is 0. The maximum Gasteiger partial charge on any atom is 0.296 e. The number of rotatable bonds is 7. The van der Waals surface area contributed by atoms with Crippen molar-refractivity contribution < 1.29 is 14.4 Å². The fourth-order valence-corrected chi connectivity index (χ4v) is 4.10. The molecule has 0 aliphatic heterocycles. The molecule has 3 heterocycles. The second-order valence-corrected chi connectivity index (χ2v) is 7.99. The van der Waals surface area contributed by atoms with Crippen molar-refractivity contribution >= 4 is 11.6 Å². The number of anilines is 1. The van der Waals surface area contributed by atoms with Crippen LogP contribution in [0.25, 0.3) is 0 Å². The summed E-state index contributed by atoms with van der Waals surface area (Å²) in [6, 6.07) is 9.41. The third kappa shape index (κ3) is 4.41. The SMILES string of the molecule is CCn1cc([C@@H](c2ccccc2C#N)[C@@H](C)c2nc(C(=O)Nc3cnoc3)c(O)c(=O)n2C)cn1. The van der Waals surface area contributed by atoms with Crippen LogP contribution in [-0.2, 0) is 13.6 Å². The number of benzene rings is 1. The van der Waals surface area contributed by atoms with Crippen molar-refractivity contribution in [1.29, 1.82) is 5.26 Å². The monoisotopic (exact) mass is 473 g/mol. The van der Waals surface area contributed by atoms with Gasteiger partial charge in [-0.3, -0.25) is 18.8 Å². The van der Waals surface area contributed by atoms with E-state index in [1.165, 1.54) is 24.1 Å². The van der Waals surface area contributed by atoms with Crippen molar-refractivity contribution in [3.63, 3.8) is 0 Å². The molecule has 0 unspecified atom stereocenters. The Morgan fingerprint density at radius 3 is 2.74 bits per heavy atom. The normalized spacial score (nSPS) is 12.6. The molecule has 2 atom stereocenters. The Bertz CT molecular complexity index is 1460. The van der Waals surface area contributed by atoms with Gasteiger partial charge in [-0.25, -0.2) is 4.98 Å². The van der Waals surface area contributed by atoms with E-state index in [0.29, 0.717) is 12.1 Å². The molecule has 0 saturated carbocycles. The summed E-state index contributed by atoms with van der Waals surface area (Å²) in [6.45, 7) is 4.47. The predicted molar refractivity (Wildman–Crippen MR) is 125 cm³/mol. The Balaban J connectivity index is 1.85. The van der Waals surface area contributed by atoms with Crippen LogP contribution in [0, 0.1) is 11.3 Å². The first-order valence-electron chi connectivity index (χ1n) is 10.9. The molecule has 178 valence electrons. The summed E-state index contributed by atoms with van der Waals surface area (Å²) in [5.74, 6) is -2.21. The third-order valence-electron chi connectivity index (χ3n) is 5.87. The zero-order valence-electron chi connectivity index (χ0n) is 19.3. The number of aryl methyl sites for hydroxylation is 1. The summed E-state index contributed by atoms with van der Waals surface area (Å²) in [7, 11) is 1.48. The Labute approximate surface area is 200 Å². The molecule has 2 N–H and O–H groups in total. The molecule has 0 aliphatic carbocycles. The fourth-order valence-electron chi connectivity index (χ4n) is 4.10. The van der Waals surface area contributed by atoms with Crippen molar-refractivity contribution in [3.05, 3.63) is 87.7 Å². The van der Waals surface area contributed by atoms with Crippen LogP contribution in [-0.4, -0.2) is 35.5 Å². The molecule has 1 aromatic carbocycles. The smallest absolute Gasteiger partial charge is 0.296 e. The molecule has 0 saturated heterocycles. The van der Waals surface area contributed by atoms with E-state index >= 15 is 0 Å². The van der Waals surface area contributed by atoms with Gasteiger partial charge in [0.05, 0.1) is 24.0 Å². The highest BCUT2D eigenvalue weighted by Crippen LogP contribution is 2.39. The van der Waals surface area contributed by atoms with Gasteiger partial charge in [0.2, 0.25) is 5.75 Å². The molecule has 0 fully saturated rings. The number of hydrogen-bond acceptors (Lipinski definition) is 8.